The zero-order chi connectivity index (χ0) is 22.9. The van der Waals surface area contributed by atoms with Gasteiger partial charge >= 0.3 is 0 Å². The summed E-state index contributed by atoms with van der Waals surface area (Å²) < 4.78 is 63.2. The summed E-state index contributed by atoms with van der Waals surface area (Å²) in [5.41, 5.74) is 1.21. The number of nitrogens with zero attached hydrogens (tertiary/aromatic N) is 2. The molecule has 0 spiro atoms. The van der Waals surface area contributed by atoms with Crippen LogP contribution in [0.4, 0.5) is 17.6 Å². The molecule has 5 aromatic rings. The lowest BCUT2D eigenvalue weighted by Crippen LogP contribution is -2.03. The molecule has 2 aromatic heterocycles. The van der Waals surface area contributed by atoms with Crippen molar-refractivity contribution in [2.45, 2.75) is 6.61 Å². The smallest absolute Gasteiger partial charge is 0.252 e. The largest absolute Gasteiger partial charge is 0.488 e. The van der Waals surface area contributed by atoms with Crippen molar-refractivity contribution < 1.29 is 22.3 Å². The van der Waals surface area contributed by atoms with E-state index in [2.05, 4.69) is 9.97 Å². The van der Waals surface area contributed by atoms with Crippen LogP contribution in [0.1, 0.15) is 5.56 Å². The molecule has 0 saturated carbocycles. The Labute approximate surface area is 190 Å². The Morgan fingerprint density at radius 1 is 0.758 bits per heavy atom. The Morgan fingerprint density at radius 3 is 2.18 bits per heavy atom. The maximum atomic E-state index is 14.4. The number of benzene rings is 3. The monoisotopic (exact) mass is 466 g/mol. The van der Waals surface area contributed by atoms with E-state index >= 15 is 0 Å². The Morgan fingerprint density at radius 2 is 1.45 bits per heavy atom. The number of aromatic nitrogens is 2. The highest BCUT2D eigenvalue weighted by molar-refractivity contribution is 7.21. The summed E-state index contributed by atoms with van der Waals surface area (Å²) in [4.78, 5) is 7.23. The van der Waals surface area contributed by atoms with Gasteiger partial charge in [0.25, 0.3) is 11.9 Å². The van der Waals surface area contributed by atoms with Gasteiger partial charge in [-0.15, -0.1) is 11.3 Å². The van der Waals surface area contributed by atoms with Crippen molar-refractivity contribution in [1.82, 2.24) is 9.97 Å². The number of hydrogen-bond acceptors (Lipinski definition) is 4. The highest BCUT2D eigenvalue weighted by Crippen LogP contribution is 2.40. The SMILES string of the molecule is Fc1nc(F)c(F)c(-c2ccc(OCc3ccccc3)c(-c3nc4ccccc4s3)c2)c1F. The van der Waals surface area contributed by atoms with E-state index < -0.39 is 29.1 Å². The molecular formula is C25H14F4N2OS. The van der Waals surface area contributed by atoms with E-state index in [-0.39, 0.29) is 12.2 Å². The normalized spacial score (nSPS) is 11.2. The summed E-state index contributed by atoms with van der Waals surface area (Å²) in [6.45, 7) is 0.249. The van der Waals surface area contributed by atoms with Crippen LogP contribution in [0, 0.1) is 23.5 Å². The summed E-state index contributed by atoms with van der Waals surface area (Å²) >= 11 is 1.37. The topological polar surface area (TPSA) is 35.0 Å². The van der Waals surface area contributed by atoms with Gasteiger partial charge in [0, 0.05) is 0 Å². The van der Waals surface area contributed by atoms with Crippen molar-refractivity contribution in [3.8, 4) is 27.4 Å². The van der Waals surface area contributed by atoms with Crippen LogP contribution in [0.2, 0.25) is 0 Å². The van der Waals surface area contributed by atoms with Gasteiger partial charge in [0.15, 0.2) is 11.6 Å². The van der Waals surface area contributed by atoms with Gasteiger partial charge in [-0.25, -0.2) is 13.8 Å². The van der Waals surface area contributed by atoms with E-state index in [4.69, 9.17) is 4.74 Å². The van der Waals surface area contributed by atoms with E-state index in [1.807, 2.05) is 54.6 Å². The minimum atomic E-state index is -1.71. The molecule has 0 atom stereocenters. The van der Waals surface area contributed by atoms with E-state index in [0.29, 0.717) is 16.3 Å². The number of pyridine rings is 1. The van der Waals surface area contributed by atoms with Gasteiger partial charge in [-0.3, -0.25) is 0 Å². The van der Waals surface area contributed by atoms with E-state index in [0.717, 1.165) is 15.8 Å². The minimum absolute atomic E-state index is 0.0634. The molecule has 0 amide bonds. The Bertz CT molecular complexity index is 1410. The van der Waals surface area contributed by atoms with Crippen molar-refractivity contribution in [1.29, 1.82) is 0 Å². The van der Waals surface area contributed by atoms with Crippen molar-refractivity contribution in [2.24, 2.45) is 0 Å². The van der Waals surface area contributed by atoms with Crippen LogP contribution in [-0.2, 0) is 6.61 Å². The number of ether oxygens (including phenoxy) is 1. The van der Waals surface area contributed by atoms with Crippen LogP contribution in [-0.4, -0.2) is 9.97 Å². The lowest BCUT2D eigenvalue weighted by molar-refractivity contribution is 0.307. The zero-order valence-corrected chi connectivity index (χ0v) is 17.7. The zero-order valence-electron chi connectivity index (χ0n) is 16.9. The average molecular weight is 466 g/mol. The second-order valence-electron chi connectivity index (χ2n) is 7.17. The first-order chi connectivity index (χ1) is 16.0. The molecule has 0 radical (unpaired) electrons. The van der Waals surface area contributed by atoms with Crippen LogP contribution < -0.4 is 4.74 Å². The molecule has 0 aliphatic heterocycles. The minimum Gasteiger partial charge on any atom is -0.488 e. The molecule has 33 heavy (non-hydrogen) atoms. The standard InChI is InChI=1S/C25H14F4N2OS/c26-21-20(22(27)24(29)31-23(21)28)15-10-11-18(32-13-14-6-2-1-3-7-14)16(12-15)25-30-17-8-4-5-9-19(17)33-25/h1-12H,13H2. The molecule has 5 rings (SSSR count). The van der Waals surface area contributed by atoms with Crippen molar-refractivity contribution in [3.05, 3.63) is 102 Å². The van der Waals surface area contributed by atoms with Gasteiger partial charge in [0.05, 0.1) is 21.3 Å². The molecule has 164 valence electrons. The predicted molar refractivity (Wildman–Crippen MR) is 119 cm³/mol. The summed E-state index contributed by atoms with van der Waals surface area (Å²) in [7, 11) is 0. The van der Waals surface area contributed by atoms with Gasteiger partial charge in [0.2, 0.25) is 0 Å². The summed E-state index contributed by atoms with van der Waals surface area (Å²) in [6.07, 6.45) is 0. The van der Waals surface area contributed by atoms with Crippen LogP contribution in [0.5, 0.6) is 5.75 Å². The van der Waals surface area contributed by atoms with E-state index in [1.165, 1.54) is 29.5 Å². The van der Waals surface area contributed by atoms with Crippen LogP contribution in [0.3, 0.4) is 0 Å². The Kier molecular flexibility index (Phi) is 5.51. The highest BCUT2D eigenvalue weighted by atomic mass is 32.1. The molecule has 8 heteroatoms. The summed E-state index contributed by atoms with van der Waals surface area (Å²) in [6, 6.07) is 21.2. The van der Waals surface area contributed by atoms with Gasteiger partial charge in [-0.1, -0.05) is 48.5 Å². The third-order valence-electron chi connectivity index (χ3n) is 5.03. The molecule has 0 N–H and O–H groups in total. The van der Waals surface area contributed by atoms with Crippen molar-refractivity contribution in [3.63, 3.8) is 0 Å². The Hall–Kier alpha value is -3.78. The maximum absolute atomic E-state index is 14.4. The summed E-state index contributed by atoms with van der Waals surface area (Å²) in [5, 5.41) is 0.539. The molecular weight excluding hydrogens is 452 g/mol. The fraction of sp³-hybridized carbons (Fsp3) is 0.0400. The molecule has 3 aromatic carbocycles. The third kappa shape index (κ3) is 4.05. The second kappa shape index (κ2) is 8.63. The predicted octanol–water partition coefficient (Wildman–Crippen LogP) is 7.16. The van der Waals surface area contributed by atoms with Crippen molar-refractivity contribution in [2.75, 3.05) is 0 Å². The Balaban J connectivity index is 1.65. The summed E-state index contributed by atoms with van der Waals surface area (Å²) in [5.74, 6) is -6.15. The fourth-order valence-corrected chi connectivity index (χ4v) is 4.43. The number of thiazole rings is 1. The van der Waals surface area contributed by atoms with Crippen molar-refractivity contribution >= 4 is 21.6 Å². The molecule has 0 saturated heterocycles. The van der Waals surface area contributed by atoms with E-state index in [9.17, 15) is 17.6 Å². The number of rotatable bonds is 5. The number of fused-ring (bicyclic) bond motifs is 1. The number of para-hydroxylation sites is 1. The molecule has 2 heterocycles. The second-order valence-corrected chi connectivity index (χ2v) is 8.20. The number of halogens is 4. The molecule has 0 aliphatic carbocycles. The third-order valence-corrected chi connectivity index (χ3v) is 6.10. The first-order valence-corrected chi connectivity index (χ1v) is 10.7. The van der Waals surface area contributed by atoms with Gasteiger partial charge in [0.1, 0.15) is 17.4 Å². The lowest BCUT2D eigenvalue weighted by Gasteiger charge is -2.13. The molecule has 0 unspecified atom stereocenters. The lowest BCUT2D eigenvalue weighted by atomic mass is 10.0. The number of hydrogen-bond donors (Lipinski definition) is 0. The molecule has 0 aliphatic rings. The first kappa shape index (κ1) is 21.1. The van der Waals surface area contributed by atoms with Gasteiger partial charge in [-0.2, -0.15) is 13.8 Å². The first-order valence-electron chi connectivity index (χ1n) is 9.88. The fourth-order valence-electron chi connectivity index (χ4n) is 3.44. The average Bonchev–Trinajstić information content (AvgIpc) is 3.27. The van der Waals surface area contributed by atoms with Gasteiger partial charge < -0.3 is 4.74 Å². The van der Waals surface area contributed by atoms with E-state index in [1.54, 1.807) is 0 Å². The van der Waals surface area contributed by atoms with Crippen LogP contribution >= 0.6 is 11.3 Å². The quantitative estimate of drug-likeness (QED) is 0.204. The highest BCUT2D eigenvalue weighted by Gasteiger charge is 2.23. The maximum Gasteiger partial charge on any atom is 0.252 e. The molecule has 0 fully saturated rings. The molecule has 0 bridgehead atoms. The van der Waals surface area contributed by atoms with Crippen LogP contribution in [0.15, 0.2) is 72.8 Å². The van der Waals surface area contributed by atoms with Crippen LogP contribution in [0.25, 0.3) is 31.9 Å². The molecule has 3 nitrogen and oxygen atoms in total. The van der Waals surface area contributed by atoms with Gasteiger partial charge in [-0.05, 0) is 35.4 Å².